The number of benzene rings is 3. The highest BCUT2D eigenvalue weighted by atomic mass is 19.1. The number of likely N-dealkylation sites (tertiary alicyclic amines) is 1. The minimum Gasteiger partial charge on any atom is -0.308 e. The number of nitrogens with one attached hydrogen (secondary N) is 1. The van der Waals surface area contributed by atoms with Gasteiger partial charge in [-0.2, -0.15) is 0 Å². The van der Waals surface area contributed by atoms with Gasteiger partial charge in [0.25, 0.3) is 0 Å². The highest BCUT2D eigenvalue weighted by Gasteiger charge is 2.46. The van der Waals surface area contributed by atoms with Gasteiger partial charge in [-0.25, -0.2) is 9.18 Å². The molecule has 0 atom stereocenters. The lowest BCUT2D eigenvalue weighted by Gasteiger charge is -2.40. The summed E-state index contributed by atoms with van der Waals surface area (Å²) in [6, 6.07) is 20.9. The van der Waals surface area contributed by atoms with Crippen LogP contribution in [0.2, 0.25) is 0 Å². The average Bonchev–Trinajstić information content (AvgIpc) is 3.09. The molecule has 4 nitrogen and oxygen atoms in total. The first-order chi connectivity index (χ1) is 15.9. The smallest absolute Gasteiger partial charge is 0.308 e. The number of fused-ring (bicyclic) bond motifs is 2. The van der Waals surface area contributed by atoms with Gasteiger partial charge in [0, 0.05) is 29.9 Å². The van der Waals surface area contributed by atoms with Crippen molar-refractivity contribution in [2.45, 2.75) is 38.6 Å². The molecule has 2 aliphatic rings. The fourth-order valence-electron chi connectivity index (χ4n) is 5.52. The Morgan fingerprint density at radius 2 is 1.67 bits per heavy atom. The lowest BCUT2D eigenvalue weighted by molar-refractivity contribution is 0.160. The summed E-state index contributed by atoms with van der Waals surface area (Å²) in [7, 11) is 0. The molecule has 33 heavy (non-hydrogen) atoms. The number of halogens is 1. The van der Waals surface area contributed by atoms with Crippen molar-refractivity contribution in [1.29, 1.82) is 0 Å². The van der Waals surface area contributed by atoms with E-state index >= 15 is 0 Å². The Balaban J connectivity index is 1.34. The average molecular weight is 444 g/mol. The second-order valence-corrected chi connectivity index (χ2v) is 9.60. The molecular weight excluding hydrogens is 413 g/mol. The van der Waals surface area contributed by atoms with Crippen molar-refractivity contribution in [3.8, 4) is 0 Å². The first kappa shape index (κ1) is 21.7. The number of piperidine rings is 1. The van der Waals surface area contributed by atoms with E-state index in [-0.39, 0.29) is 17.3 Å². The first-order valence-electron chi connectivity index (χ1n) is 11.7. The van der Waals surface area contributed by atoms with Crippen LogP contribution >= 0.6 is 0 Å². The molecule has 3 aromatic carbocycles. The zero-order valence-electron chi connectivity index (χ0n) is 19.3. The third-order valence-electron chi connectivity index (χ3n) is 7.05. The molecule has 2 heterocycles. The van der Waals surface area contributed by atoms with E-state index in [1.54, 1.807) is 17.0 Å². The number of carbonyl (C=O) groups excluding carboxylic acids is 1. The lowest BCUT2D eigenvalue weighted by atomic mass is 9.74. The Hall–Kier alpha value is -3.18. The van der Waals surface area contributed by atoms with Crippen molar-refractivity contribution in [3.63, 3.8) is 0 Å². The van der Waals surface area contributed by atoms with E-state index in [0.717, 1.165) is 49.4 Å². The number of carbonyl (C=O) groups is 1. The van der Waals surface area contributed by atoms with Crippen LogP contribution in [0.15, 0.2) is 66.7 Å². The largest absolute Gasteiger partial charge is 0.326 e. The molecule has 1 N–H and O–H groups in total. The molecular formula is C28H30FN3O. The summed E-state index contributed by atoms with van der Waals surface area (Å²) in [5.74, 6) is -0.240. The molecule has 1 spiro atoms. The minimum atomic E-state index is -0.240. The molecule has 0 bridgehead atoms. The van der Waals surface area contributed by atoms with Crippen molar-refractivity contribution in [1.82, 2.24) is 4.90 Å². The van der Waals surface area contributed by atoms with Gasteiger partial charge in [0.05, 0.1) is 0 Å². The van der Waals surface area contributed by atoms with E-state index in [0.29, 0.717) is 6.54 Å². The molecule has 0 aromatic heterocycles. The van der Waals surface area contributed by atoms with Crippen molar-refractivity contribution < 1.29 is 9.18 Å². The van der Waals surface area contributed by atoms with Crippen LogP contribution in [-0.4, -0.2) is 30.6 Å². The summed E-state index contributed by atoms with van der Waals surface area (Å²) >= 11 is 0. The SMILES string of the molecule is Cc1cc(C)cc(CN2CCC3(CC2)CN(C(=O)Nc2ccccc2)c2ccc(F)cc23)c1. The van der Waals surface area contributed by atoms with Crippen LogP contribution in [0.5, 0.6) is 0 Å². The van der Waals surface area contributed by atoms with E-state index in [1.165, 1.54) is 22.8 Å². The van der Waals surface area contributed by atoms with Gasteiger partial charge >= 0.3 is 6.03 Å². The van der Waals surface area contributed by atoms with Gasteiger partial charge in [-0.15, -0.1) is 0 Å². The molecule has 170 valence electrons. The van der Waals surface area contributed by atoms with E-state index < -0.39 is 0 Å². The van der Waals surface area contributed by atoms with Crippen LogP contribution in [-0.2, 0) is 12.0 Å². The van der Waals surface area contributed by atoms with E-state index in [2.05, 4.69) is 42.3 Å². The molecule has 0 aliphatic carbocycles. The van der Waals surface area contributed by atoms with Crippen LogP contribution in [0.25, 0.3) is 0 Å². The van der Waals surface area contributed by atoms with E-state index in [9.17, 15) is 9.18 Å². The van der Waals surface area contributed by atoms with Gasteiger partial charge in [0.15, 0.2) is 0 Å². The van der Waals surface area contributed by atoms with Gasteiger partial charge in [-0.3, -0.25) is 9.80 Å². The van der Waals surface area contributed by atoms with Crippen LogP contribution in [0.1, 0.15) is 35.1 Å². The highest BCUT2D eigenvalue weighted by Crippen LogP contribution is 2.47. The number of urea groups is 1. The maximum Gasteiger partial charge on any atom is 0.326 e. The summed E-state index contributed by atoms with van der Waals surface area (Å²) in [5, 5.41) is 3.00. The van der Waals surface area contributed by atoms with Crippen LogP contribution in [0.4, 0.5) is 20.6 Å². The molecule has 1 saturated heterocycles. The maximum absolute atomic E-state index is 14.3. The Labute approximate surface area is 195 Å². The van der Waals surface area contributed by atoms with Crippen LogP contribution < -0.4 is 10.2 Å². The molecule has 1 fully saturated rings. The van der Waals surface area contributed by atoms with E-state index in [4.69, 9.17) is 0 Å². The Kier molecular flexibility index (Phi) is 5.67. The zero-order chi connectivity index (χ0) is 23.0. The molecule has 5 rings (SSSR count). The second-order valence-electron chi connectivity index (χ2n) is 9.60. The number of hydrogen-bond acceptors (Lipinski definition) is 2. The number of anilines is 2. The van der Waals surface area contributed by atoms with Crippen molar-refractivity contribution >= 4 is 17.4 Å². The van der Waals surface area contributed by atoms with Crippen LogP contribution in [0, 0.1) is 19.7 Å². The fraction of sp³-hybridized carbons (Fsp3) is 0.321. The number of amides is 2. The van der Waals surface area contributed by atoms with Crippen molar-refractivity contribution in [3.05, 3.63) is 94.8 Å². The first-order valence-corrected chi connectivity index (χ1v) is 11.7. The molecule has 5 heteroatoms. The predicted molar refractivity (Wildman–Crippen MR) is 131 cm³/mol. The molecule has 0 saturated carbocycles. The standard InChI is InChI=1S/C28H30FN3O/c1-20-14-21(2)16-22(15-20)18-31-12-10-28(11-13-31)19-32(26-9-8-23(29)17-25(26)28)27(33)30-24-6-4-3-5-7-24/h3-9,14-17H,10-13,18-19H2,1-2H3,(H,30,33). The van der Waals surface area contributed by atoms with Crippen molar-refractivity contribution in [2.75, 3.05) is 29.9 Å². The lowest BCUT2D eigenvalue weighted by Crippen LogP contribution is -2.46. The van der Waals surface area contributed by atoms with Gasteiger partial charge in [-0.05, 0) is 81.2 Å². The monoisotopic (exact) mass is 443 g/mol. The zero-order valence-corrected chi connectivity index (χ0v) is 19.3. The summed E-state index contributed by atoms with van der Waals surface area (Å²) < 4.78 is 14.3. The van der Waals surface area contributed by atoms with Crippen molar-refractivity contribution in [2.24, 2.45) is 0 Å². The third kappa shape index (κ3) is 4.38. The molecule has 2 amide bonds. The highest BCUT2D eigenvalue weighted by molar-refractivity contribution is 6.03. The number of hydrogen-bond donors (Lipinski definition) is 1. The van der Waals surface area contributed by atoms with Gasteiger partial charge < -0.3 is 5.32 Å². The van der Waals surface area contributed by atoms with Gasteiger partial charge in [0.2, 0.25) is 0 Å². The van der Waals surface area contributed by atoms with E-state index in [1.807, 2.05) is 30.3 Å². The van der Waals surface area contributed by atoms with Gasteiger partial charge in [0.1, 0.15) is 5.82 Å². The van der Waals surface area contributed by atoms with Crippen LogP contribution in [0.3, 0.4) is 0 Å². The Morgan fingerprint density at radius 1 is 0.970 bits per heavy atom. The third-order valence-corrected chi connectivity index (χ3v) is 7.05. The second kappa shape index (κ2) is 8.64. The topological polar surface area (TPSA) is 35.6 Å². The molecule has 0 unspecified atom stereocenters. The summed E-state index contributed by atoms with van der Waals surface area (Å²) in [5.41, 5.74) is 6.27. The number of rotatable bonds is 3. The predicted octanol–water partition coefficient (Wildman–Crippen LogP) is 6.03. The maximum atomic E-state index is 14.3. The fourth-order valence-corrected chi connectivity index (χ4v) is 5.52. The molecule has 0 radical (unpaired) electrons. The number of para-hydroxylation sites is 1. The Bertz CT molecular complexity index is 1150. The number of nitrogens with zero attached hydrogens (tertiary/aromatic N) is 2. The van der Waals surface area contributed by atoms with Gasteiger partial charge in [-0.1, -0.05) is 47.5 Å². The number of aryl methyl sites for hydroxylation is 2. The normalized spacial score (nSPS) is 17.2. The summed E-state index contributed by atoms with van der Waals surface area (Å²) in [4.78, 5) is 17.4. The minimum absolute atomic E-state index is 0.163. The quantitative estimate of drug-likeness (QED) is 0.537. The summed E-state index contributed by atoms with van der Waals surface area (Å²) in [6.45, 7) is 7.64. The Morgan fingerprint density at radius 3 is 2.36 bits per heavy atom. The molecule has 2 aliphatic heterocycles. The summed E-state index contributed by atoms with van der Waals surface area (Å²) in [6.07, 6.45) is 1.81. The molecule has 3 aromatic rings.